The van der Waals surface area contributed by atoms with Crippen LogP contribution in [0.3, 0.4) is 0 Å². The molecule has 210 valence electrons. The standard InChI is InChI=1S/C27H26ClF3N6O2S/c28-20-8-7-19(27(29,30)31)14-21(20)34-26(39)37-12-4-9-32-23-24(37)35-22(15-33-23)40-16-17-5-3-6-18(13-17)25(38)36-10-1-2-11-36/h3,5-8,13-15H,1-2,4,9-12,16H2,(H,32,33)(H,34,39). The Morgan fingerprint density at radius 1 is 1.07 bits per heavy atom. The van der Waals surface area contributed by atoms with Gasteiger partial charge in [0.05, 0.1) is 22.5 Å². The normalized spacial score (nSPS) is 15.3. The fourth-order valence-corrected chi connectivity index (χ4v) is 5.47. The van der Waals surface area contributed by atoms with E-state index in [4.69, 9.17) is 11.6 Å². The maximum atomic E-state index is 13.2. The molecule has 13 heteroatoms. The molecule has 2 aliphatic heterocycles. The van der Waals surface area contributed by atoms with E-state index in [-0.39, 0.29) is 29.0 Å². The Hall–Kier alpha value is -3.51. The number of carbonyl (C=O) groups excluding carboxylic acids is 2. The number of anilines is 3. The summed E-state index contributed by atoms with van der Waals surface area (Å²) >= 11 is 7.49. The summed E-state index contributed by atoms with van der Waals surface area (Å²) in [5.74, 6) is 1.21. The number of alkyl halides is 3. The fraction of sp³-hybridized carbons (Fsp3) is 0.333. The molecule has 1 aromatic heterocycles. The molecular formula is C27H26ClF3N6O2S. The van der Waals surface area contributed by atoms with Gasteiger partial charge in [0.2, 0.25) is 0 Å². The van der Waals surface area contributed by atoms with Crippen molar-refractivity contribution in [2.24, 2.45) is 0 Å². The number of rotatable bonds is 5. The second-order valence-electron chi connectivity index (χ2n) is 9.42. The van der Waals surface area contributed by atoms with E-state index in [0.717, 1.165) is 49.7 Å². The highest BCUT2D eigenvalue weighted by molar-refractivity contribution is 7.98. The van der Waals surface area contributed by atoms with Crippen LogP contribution < -0.4 is 15.5 Å². The van der Waals surface area contributed by atoms with Crippen LogP contribution in [0.5, 0.6) is 0 Å². The van der Waals surface area contributed by atoms with Crippen molar-refractivity contribution in [3.63, 3.8) is 0 Å². The van der Waals surface area contributed by atoms with Gasteiger partial charge in [-0.2, -0.15) is 13.2 Å². The monoisotopic (exact) mass is 590 g/mol. The van der Waals surface area contributed by atoms with Gasteiger partial charge in [0.25, 0.3) is 5.91 Å². The van der Waals surface area contributed by atoms with Gasteiger partial charge < -0.3 is 15.5 Å². The molecule has 2 N–H and O–H groups in total. The van der Waals surface area contributed by atoms with E-state index in [1.807, 2.05) is 29.2 Å². The van der Waals surface area contributed by atoms with Crippen molar-refractivity contribution in [2.75, 3.05) is 41.7 Å². The molecule has 0 radical (unpaired) electrons. The summed E-state index contributed by atoms with van der Waals surface area (Å²) in [7, 11) is 0. The first-order chi connectivity index (χ1) is 19.2. The summed E-state index contributed by atoms with van der Waals surface area (Å²) in [5, 5.41) is 6.17. The first-order valence-corrected chi connectivity index (χ1v) is 14.1. The van der Waals surface area contributed by atoms with Crippen LogP contribution in [-0.4, -0.2) is 53.0 Å². The first-order valence-electron chi connectivity index (χ1n) is 12.8. The highest BCUT2D eigenvalue weighted by Gasteiger charge is 2.32. The van der Waals surface area contributed by atoms with E-state index in [1.165, 1.54) is 16.7 Å². The number of halogens is 4. The smallest absolute Gasteiger partial charge is 0.367 e. The van der Waals surface area contributed by atoms with Crippen LogP contribution in [0, 0.1) is 0 Å². The van der Waals surface area contributed by atoms with Gasteiger partial charge in [0, 0.05) is 37.5 Å². The lowest BCUT2D eigenvalue weighted by atomic mass is 10.1. The third kappa shape index (κ3) is 6.44. The zero-order chi connectivity index (χ0) is 28.3. The Kier molecular flexibility index (Phi) is 8.36. The van der Waals surface area contributed by atoms with Gasteiger partial charge in [-0.3, -0.25) is 9.69 Å². The predicted molar refractivity (Wildman–Crippen MR) is 149 cm³/mol. The molecule has 3 heterocycles. The van der Waals surface area contributed by atoms with Crippen LogP contribution in [0.25, 0.3) is 0 Å². The molecule has 1 fully saturated rings. The van der Waals surface area contributed by atoms with Crippen LogP contribution in [0.2, 0.25) is 5.02 Å². The van der Waals surface area contributed by atoms with E-state index in [9.17, 15) is 22.8 Å². The quantitative estimate of drug-likeness (QED) is 0.328. The van der Waals surface area contributed by atoms with Crippen molar-refractivity contribution < 1.29 is 22.8 Å². The number of likely N-dealkylation sites (tertiary alicyclic amines) is 1. The van der Waals surface area contributed by atoms with Crippen molar-refractivity contribution in [3.05, 3.63) is 70.4 Å². The molecular weight excluding hydrogens is 565 g/mol. The first kappa shape index (κ1) is 28.0. The van der Waals surface area contributed by atoms with Crippen LogP contribution in [0.4, 0.5) is 35.3 Å². The summed E-state index contributed by atoms with van der Waals surface area (Å²) in [5.41, 5.74) is 0.518. The summed E-state index contributed by atoms with van der Waals surface area (Å²) in [6, 6.07) is 9.58. The van der Waals surface area contributed by atoms with Crippen molar-refractivity contribution in [2.45, 2.75) is 36.2 Å². The van der Waals surface area contributed by atoms with Crippen LogP contribution in [-0.2, 0) is 11.9 Å². The minimum absolute atomic E-state index is 0.0182. The molecule has 0 atom stereocenters. The van der Waals surface area contributed by atoms with Gasteiger partial charge in [0.1, 0.15) is 5.03 Å². The second kappa shape index (κ2) is 11.9. The van der Waals surface area contributed by atoms with Gasteiger partial charge in [-0.15, -0.1) is 11.8 Å². The number of fused-ring (bicyclic) bond motifs is 1. The average molecular weight is 591 g/mol. The number of benzene rings is 2. The molecule has 5 rings (SSSR count). The minimum atomic E-state index is -4.58. The van der Waals surface area contributed by atoms with E-state index < -0.39 is 17.8 Å². The lowest BCUT2D eigenvalue weighted by molar-refractivity contribution is -0.137. The number of urea groups is 1. The Morgan fingerprint density at radius 3 is 2.65 bits per heavy atom. The number of aromatic nitrogens is 2. The SMILES string of the molecule is O=C(c1cccc(CSc2cnc3c(n2)N(C(=O)Nc2cc(C(F)(F)F)ccc2Cl)CCCN3)c1)N1CCCC1. The number of thioether (sulfide) groups is 1. The van der Waals surface area contributed by atoms with E-state index in [0.29, 0.717) is 35.1 Å². The Morgan fingerprint density at radius 2 is 1.88 bits per heavy atom. The summed E-state index contributed by atoms with van der Waals surface area (Å²) in [6.07, 6.45) is -0.366. The van der Waals surface area contributed by atoms with Gasteiger partial charge in [-0.1, -0.05) is 23.7 Å². The highest BCUT2D eigenvalue weighted by atomic mass is 35.5. The van der Waals surface area contributed by atoms with Crippen molar-refractivity contribution in [3.8, 4) is 0 Å². The van der Waals surface area contributed by atoms with Gasteiger partial charge in [0.15, 0.2) is 11.6 Å². The largest absolute Gasteiger partial charge is 0.416 e. The zero-order valence-electron chi connectivity index (χ0n) is 21.3. The molecule has 40 heavy (non-hydrogen) atoms. The van der Waals surface area contributed by atoms with E-state index in [2.05, 4.69) is 20.6 Å². The number of carbonyl (C=O) groups is 2. The summed E-state index contributed by atoms with van der Waals surface area (Å²) < 4.78 is 39.6. The van der Waals surface area contributed by atoms with Crippen molar-refractivity contribution in [1.29, 1.82) is 0 Å². The number of hydrogen-bond donors (Lipinski definition) is 2. The summed E-state index contributed by atoms with van der Waals surface area (Å²) in [6.45, 7) is 2.37. The minimum Gasteiger partial charge on any atom is -0.367 e. The highest BCUT2D eigenvalue weighted by Crippen LogP contribution is 2.35. The van der Waals surface area contributed by atoms with Crippen molar-refractivity contribution >= 4 is 52.6 Å². The number of hydrogen-bond acceptors (Lipinski definition) is 6. The maximum Gasteiger partial charge on any atom is 0.416 e. The predicted octanol–water partition coefficient (Wildman–Crippen LogP) is 6.53. The molecule has 2 aromatic carbocycles. The van der Waals surface area contributed by atoms with Crippen LogP contribution in [0.1, 0.15) is 40.7 Å². The third-order valence-corrected chi connectivity index (χ3v) is 7.87. The third-order valence-electron chi connectivity index (χ3n) is 6.57. The molecule has 0 saturated carbocycles. The van der Waals surface area contributed by atoms with E-state index >= 15 is 0 Å². The number of amides is 3. The molecule has 1 saturated heterocycles. The Balaban J connectivity index is 1.32. The van der Waals surface area contributed by atoms with Crippen molar-refractivity contribution in [1.82, 2.24) is 14.9 Å². The topological polar surface area (TPSA) is 90.5 Å². The number of nitrogens with one attached hydrogen (secondary N) is 2. The van der Waals surface area contributed by atoms with Crippen LogP contribution >= 0.6 is 23.4 Å². The zero-order valence-corrected chi connectivity index (χ0v) is 22.9. The molecule has 0 spiro atoms. The van der Waals surface area contributed by atoms with E-state index in [1.54, 1.807) is 6.20 Å². The molecule has 3 aromatic rings. The number of nitrogens with zero attached hydrogens (tertiary/aromatic N) is 4. The second-order valence-corrected chi connectivity index (χ2v) is 10.8. The molecule has 0 aliphatic carbocycles. The Labute approximate surface area is 238 Å². The van der Waals surface area contributed by atoms with Gasteiger partial charge in [-0.05, 0) is 55.2 Å². The molecule has 0 bridgehead atoms. The maximum absolute atomic E-state index is 13.2. The summed E-state index contributed by atoms with van der Waals surface area (Å²) in [4.78, 5) is 38.3. The van der Waals surface area contributed by atoms with Gasteiger partial charge >= 0.3 is 12.2 Å². The fourth-order valence-electron chi connectivity index (χ4n) is 4.53. The lowest BCUT2D eigenvalue weighted by Crippen LogP contribution is -2.36. The average Bonchev–Trinajstić information content (AvgIpc) is 3.39. The Bertz CT molecular complexity index is 1420. The molecule has 0 unspecified atom stereocenters. The van der Waals surface area contributed by atoms with Crippen LogP contribution in [0.15, 0.2) is 53.7 Å². The molecule has 8 nitrogen and oxygen atoms in total. The van der Waals surface area contributed by atoms with Gasteiger partial charge in [-0.25, -0.2) is 14.8 Å². The molecule has 3 amide bonds. The lowest BCUT2D eigenvalue weighted by Gasteiger charge is -2.22. The molecule has 2 aliphatic rings.